The molecule has 0 aliphatic carbocycles. The van der Waals surface area contributed by atoms with Gasteiger partial charge in [0.25, 0.3) is 5.91 Å². The van der Waals surface area contributed by atoms with Gasteiger partial charge in [0.2, 0.25) is 0 Å². The molecule has 22 heavy (non-hydrogen) atoms. The van der Waals surface area contributed by atoms with E-state index < -0.39 is 0 Å². The molecule has 0 saturated carbocycles. The predicted molar refractivity (Wildman–Crippen MR) is 88.5 cm³/mol. The number of benzene rings is 1. The molecule has 0 N–H and O–H groups in total. The quantitative estimate of drug-likeness (QED) is 0.868. The summed E-state index contributed by atoms with van der Waals surface area (Å²) in [7, 11) is 1.90. The molecule has 1 aromatic heterocycles. The number of fused-ring (bicyclic) bond motifs is 1. The van der Waals surface area contributed by atoms with Gasteiger partial charge in [0.05, 0.1) is 11.1 Å². The molecular weight excluding hydrogens is 300 g/mol. The van der Waals surface area contributed by atoms with Crippen molar-refractivity contribution in [1.82, 2.24) is 9.47 Å². The van der Waals surface area contributed by atoms with Crippen LogP contribution in [-0.2, 0) is 11.8 Å². The highest BCUT2D eigenvalue weighted by molar-refractivity contribution is 6.38. The van der Waals surface area contributed by atoms with Crippen LogP contribution in [0.2, 0.25) is 5.02 Å². The number of amides is 1. The van der Waals surface area contributed by atoms with E-state index in [4.69, 9.17) is 16.3 Å². The minimum Gasteiger partial charge on any atom is -0.378 e. The normalized spacial score (nSPS) is 16.4. The van der Waals surface area contributed by atoms with Crippen molar-refractivity contribution in [3.05, 3.63) is 35.0 Å². The molecule has 1 aliphatic heterocycles. The van der Waals surface area contributed by atoms with Gasteiger partial charge in [-0.1, -0.05) is 29.8 Å². The Hall–Kier alpha value is -1.52. The molecule has 2 aromatic rings. The summed E-state index contributed by atoms with van der Waals surface area (Å²) >= 11 is 6.46. The van der Waals surface area contributed by atoms with Crippen LogP contribution in [-0.4, -0.2) is 41.2 Å². The van der Waals surface area contributed by atoms with Crippen LogP contribution < -0.4 is 0 Å². The molecule has 0 atom stereocenters. The summed E-state index contributed by atoms with van der Waals surface area (Å²) in [6, 6.07) is 7.84. The molecule has 0 unspecified atom stereocenters. The molecule has 0 spiro atoms. The highest BCUT2D eigenvalue weighted by atomic mass is 35.5. The molecule has 4 nitrogen and oxygen atoms in total. The summed E-state index contributed by atoms with van der Waals surface area (Å²) in [5.41, 5.74) is 1.57. The van der Waals surface area contributed by atoms with Gasteiger partial charge >= 0.3 is 0 Å². The number of rotatable bonds is 3. The molecule has 1 aromatic carbocycles. The molecule has 1 fully saturated rings. The standard InChI is InChI=1S/C17H21ClN2O2/c1-3-22-12-8-10-20(11-9-12)17(21)16-15(18)13-6-4-5-7-14(13)19(16)2/h4-7,12H,3,8-11H2,1-2H3. The van der Waals surface area contributed by atoms with Crippen LogP contribution in [0, 0.1) is 0 Å². The van der Waals surface area contributed by atoms with E-state index in [2.05, 4.69) is 0 Å². The Balaban J connectivity index is 1.84. The second-order valence-electron chi connectivity index (χ2n) is 5.69. The fourth-order valence-corrected chi connectivity index (χ4v) is 3.56. The van der Waals surface area contributed by atoms with Gasteiger partial charge in [-0.3, -0.25) is 4.79 Å². The van der Waals surface area contributed by atoms with Gasteiger partial charge in [-0.05, 0) is 25.8 Å². The third-order valence-electron chi connectivity index (χ3n) is 4.38. The van der Waals surface area contributed by atoms with E-state index in [-0.39, 0.29) is 12.0 Å². The Kier molecular flexibility index (Phi) is 4.41. The molecule has 3 rings (SSSR count). The first-order chi connectivity index (χ1) is 10.6. The zero-order valence-electron chi connectivity index (χ0n) is 13.0. The minimum absolute atomic E-state index is 0.0126. The van der Waals surface area contributed by atoms with Crippen molar-refractivity contribution in [3.63, 3.8) is 0 Å². The van der Waals surface area contributed by atoms with Crippen molar-refractivity contribution in [1.29, 1.82) is 0 Å². The first-order valence-corrected chi connectivity index (χ1v) is 8.15. The highest BCUT2D eigenvalue weighted by Crippen LogP contribution is 2.31. The zero-order chi connectivity index (χ0) is 15.7. The van der Waals surface area contributed by atoms with Crippen molar-refractivity contribution in [2.45, 2.75) is 25.9 Å². The number of piperidine rings is 1. The van der Waals surface area contributed by atoms with Gasteiger partial charge in [0.15, 0.2) is 0 Å². The number of likely N-dealkylation sites (tertiary alicyclic amines) is 1. The van der Waals surface area contributed by atoms with E-state index in [0.717, 1.165) is 43.4 Å². The van der Waals surface area contributed by atoms with Crippen LogP contribution in [0.5, 0.6) is 0 Å². The number of ether oxygens (including phenoxy) is 1. The number of halogens is 1. The zero-order valence-corrected chi connectivity index (χ0v) is 13.8. The van der Waals surface area contributed by atoms with Gasteiger partial charge in [-0.2, -0.15) is 0 Å². The SMILES string of the molecule is CCOC1CCN(C(=O)c2c(Cl)c3ccccc3n2C)CC1. The van der Waals surface area contributed by atoms with Crippen molar-refractivity contribution >= 4 is 28.4 Å². The Bertz CT molecular complexity index is 648. The first-order valence-electron chi connectivity index (χ1n) is 7.77. The van der Waals surface area contributed by atoms with Gasteiger partial charge in [0, 0.05) is 37.6 Å². The largest absolute Gasteiger partial charge is 0.378 e. The maximum Gasteiger partial charge on any atom is 0.272 e. The maximum atomic E-state index is 12.9. The summed E-state index contributed by atoms with van der Waals surface area (Å²) in [6.45, 7) is 4.18. The number of para-hydroxylation sites is 1. The van der Waals surface area contributed by atoms with Gasteiger partial charge in [0.1, 0.15) is 5.69 Å². The van der Waals surface area contributed by atoms with Crippen LogP contribution in [0.4, 0.5) is 0 Å². The number of carbonyl (C=O) groups is 1. The second kappa shape index (κ2) is 6.31. The van der Waals surface area contributed by atoms with Crippen LogP contribution in [0.1, 0.15) is 30.3 Å². The molecular formula is C17H21ClN2O2. The van der Waals surface area contributed by atoms with Crippen LogP contribution in [0.25, 0.3) is 10.9 Å². The maximum absolute atomic E-state index is 12.9. The van der Waals surface area contributed by atoms with Crippen molar-refractivity contribution < 1.29 is 9.53 Å². The number of carbonyl (C=O) groups excluding carboxylic acids is 1. The molecule has 1 saturated heterocycles. The smallest absolute Gasteiger partial charge is 0.272 e. The molecule has 1 aliphatic rings. The molecule has 0 bridgehead atoms. The third kappa shape index (κ3) is 2.61. The lowest BCUT2D eigenvalue weighted by atomic mass is 10.1. The first kappa shape index (κ1) is 15.4. The van der Waals surface area contributed by atoms with Gasteiger partial charge < -0.3 is 14.2 Å². The van der Waals surface area contributed by atoms with Crippen LogP contribution in [0.15, 0.2) is 24.3 Å². The number of hydrogen-bond donors (Lipinski definition) is 0. The summed E-state index contributed by atoms with van der Waals surface area (Å²) < 4.78 is 7.54. The topological polar surface area (TPSA) is 34.5 Å². The average Bonchev–Trinajstić information content (AvgIpc) is 2.80. The second-order valence-corrected chi connectivity index (χ2v) is 6.06. The third-order valence-corrected chi connectivity index (χ3v) is 4.76. The van der Waals surface area contributed by atoms with Crippen molar-refractivity contribution in [2.24, 2.45) is 7.05 Å². The Morgan fingerprint density at radius 1 is 1.32 bits per heavy atom. The van der Waals surface area contributed by atoms with E-state index in [9.17, 15) is 4.79 Å². The van der Waals surface area contributed by atoms with E-state index in [1.807, 2.05) is 47.7 Å². The predicted octanol–water partition coefficient (Wildman–Crippen LogP) is 3.47. The van der Waals surface area contributed by atoms with E-state index in [1.54, 1.807) is 0 Å². The summed E-state index contributed by atoms with van der Waals surface area (Å²) in [6.07, 6.45) is 2.06. The average molecular weight is 321 g/mol. The lowest BCUT2D eigenvalue weighted by Gasteiger charge is -2.31. The number of aromatic nitrogens is 1. The van der Waals surface area contributed by atoms with E-state index in [1.165, 1.54) is 0 Å². The number of hydrogen-bond acceptors (Lipinski definition) is 2. The van der Waals surface area contributed by atoms with Gasteiger partial charge in [-0.25, -0.2) is 0 Å². The van der Waals surface area contributed by atoms with E-state index in [0.29, 0.717) is 10.7 Å². The molecule has 1 amide bonds. The number of nitrogens with zero attached hydrogens (tertiary/aromatic N) is 2. The summed E-state index contributed by atoms with van der Waals surface area (Å²) in [4.78, 5) is 14.7. The summed E-state index contributed by atoms with van der Waals surface area (Å²) in [5, 5.41) is 1.48. The highest BCUT2D eigenvalue weighted by Gasteiger charge is 2.28. The lowest BCUT2D eigenvalue weighted by Crippen LogP contribution is -2.41. The Morgan fingerprint density at radius 2 is 2.00 bits per heavy atom. The van der Waals surface area contributed by atoms with Crippen LogP contribution in [0.3, 0.4) is 0 Å². The molecule has 5 heteroatoms. The molecule has 0 radical (unpaired) electrons. The van der Waals surface area contributed by atoms with Gasteiger partial charge in [-0.15, -0.1) is 0 Å². The van der Waals surface area contributed by atoms with Crippen molar-refractivity contribution in [3.8, 4) is 0 Å². The Morgan fingerprint density at radius 3 is 2.64 bits per heavy atom. The summed E-state index contributed by atoms with van der Waals surface area (Å²) in [5.74, 6) is 0.0126. The van der Waals surface area contributed by atoms with Crippen molar-refractivity contribution in [2.75, 3.05) is 19.7 Å². The molecule has 2 heterocycles. The van der Waals surface area contributed by atoms with Crippen LogP contribution >= 0.6 is 11.6 Å². The fraction of sp³-hybridized carbons (Fsp3) is 0.471. The van der Waals surface area contributed by atoms with E-state index >= 15 is 0 Å². The monoisotopic (exact) mass is 320 g/mol. The minimum atomic E-state index is 0.0126. The lowest BCUT2D eigenvalue weighted by molar-refractivity contribution is 0.0143. The molecule has 118 valence electrons. The Labute approximate surface area is 135 Å². The number of aryl methyl sites for hydroxylation is 1. The fourth-order valence-electron chi connectivity index (χ4n) is 3.20.